The summed E-state index contributed by atoms with van der Waals surface area (Å²) in [5.41, 5.74) is 3.92. The van der Waals surface area contributed by atoms with Gasteiger partial charge in [0.1, 0.15) is 6.61 Å². The molecule has 0 saturated heterocycles. The molecule has 0 saturated carbocycles. The molecule has 164 valence electrons. The molecule has 32 heavy (non-hydrogen) atoms. The number of ether oxygens (including phenoxy) is 1. The maximum Gasteiger partial charge on any atom is 0.273 e. The minimum Gasteiger partial charge on any atom is -0.486 e. The van der Waals surface area contributed by atoms with Crippen LogP contribution in [0.15, 0.2) is 65.8 Å². The topological polar surface area (TPSA) is 93.8 Å². The van der Waals surface area contributed by atoms with Crippen LogP contribution in [0.2, 0.25) is 15.1 Å². The van der Waals surface area contributed by atoms with E-state index in [0.717, 1.165) is 5.56 Å². The Morgan fingerprint density at radius 2 is 1.72 bits per heavy atom. The second-order valence-corrected chi connectivity index (χ2v) is 7.84. The van der Waals surface area contributed by atoms with E-state index in [1.165, 1.54) is 24.4 Å². The van der Waals surface area contributed by atoms with Crippen molar-refractivity contribution in [2.75, 3.05) is 0 Å². The lowest BCUT2D eigenvalue weighted by atomic mass is 10.1. The van der Waals surface area contributed by atoms with Crippen LogP contribution in [0.4, 0.5) is 5.69 Å². The number of rotatable bonds is 8. The van der Waals surface area contributed by atoms with Crippen LogP contribution in [0.5, 0.6) is 5.75 Å². The predicted molar refractivity (Wildman–Crippen MR) is 125 cm³/mol. The molecule has 1 amide bonds. The van der Waals surface area contributed by atoms with E-state index in [0.29, 0.717) is 21.9 Å². The van der Waals surface area contributed by atoms with Gasteiger partial charge in [-0.15, -0.1) is 0 Å². The number of hydrogen-bond acceptors (Lipinski definition) is 5. The number of halogens is 3. The van der Waals surface area contributed by atoms with Crippen LogP contribution in [0.1, 0.15) is 16.7 Å². The molecule has 1 N–H and O–H groups in total. The molecule has 0 radical (unpaired) electrons. The Morgan fingerprint density at radius 3 is 2.38 bits per heavy atom. The number of hydrazone groups is 1. The fraction of sp³-hybridized carbons (Fsp3) is 0.0909. The third-order valence-corrected chi connectivity index (χ3v) is 5.07. The molecule has 0 spiro atoms. The van der Waals surface area contributed by atoms with E-state index >= 15 is 0 Å². The van der Waals surface area contributed by atoms with Crippen LogP contribution in [0, 0.1) is 10.1 Å². The molecular weight excluding hydrogens is 477 g/mol. The van der Waals surface area contributed by atoms with E-state index in [-0.39, 0.29) is 28.8 Å². The number of nitrogens with zero attached hydrogens (tertiary/aromatic N) is 2. The summed E-state index contributed by atoms with van der Waals surface area (Å²) in [6.07, 6.45) is 1.17. The Balaban J connectivity index is 1.60. The highest BCUT2D eigenvalue weighted by atomic mass is 35.5. The standard InChI is InChI=1S/C22H16Cl3N3O4/c23-17-7-5-14(6-8-17)13-32-22-18(24)9-15(10-19(22)25)12-26-27-21(29)11-16-3-1-2-4-20(16)28(30)31/h1-10,12H,11,13H2,(H,27,29). The van der Waals surface area contributed by atoms with E-state index < -0.39 is 10.8 Å². The fourth-order valence-corrected chi connectivity index (χ4v) is 3.50. The maximum atomic E-state index is 12.1. The molecule has 0 atom stereocenters. The molecule has 3 rings (SSSR count). The van der Waals surface area contributed by atoms with Crippen molar-refractivity contribution in [1.82, 2.24) is 5.43 Å². The van der Waals surface area contributed by atoms with Crippen molar-refractivity contribution in [3.05, 3.63) is 103 Å². The summed E-state index contributed by atoms with van der Waals surface area (Å²) in [5, 5.41) is 16.1. The maximum absolute atomic E-state index is 12.1. The van der Waals surface area contributed by atoms with Gasteiger partial charge < -0.3 is 4.74 Å². The Morgan fingerprint density at radius 1 is 1.06 bits per heavy atom. The zero-order chi connectivity index (χ0) is 23.1. The number of para-hydroxylation sites is 1. The van der Waals surface area contributed by atoms with Gasteiger partial charge in [-0.1, -0.05) is 65.1 Å². The first-order valence-corrected chi connectivity index (χ1v) is 10.4. The van der Waals surface area contributed by atoms with Crippen LogP contribution in [-0.4, -0.2) is 17.0 Å². The van der Waals surface area contributed by atoms with Gasteiger partial charge >= 0.3 is 0 Å². The summed E-state index contributed by atoms with van der Waals surface area (Å²) >= 11 is 18.4. The van der Waals surface area contributed by atoms with Crippen molar-refractivity contribution in [2.45, 2.75) is 13.0 Å². The normalized spacial score (nSPS) is 10.8. The molecule has 3 aromatic carbocycles. The molecule has 10 heteroatoms. The Labute approximate surface area is 198 Å². The van der Waals surface area contributed by atoms with Crippen LogP contribution in [-0.2, 0) is 17.8 Å². The minimum absolute atomic E-state index is 0.126. The highest BCUT2D eigenvalue weighted by Crippen LogP contribution is 2.34. The van der Waals surface area contributed by atoms with Crippen molar-refractivity contribution in [2.24, 2.45) is 5.10 Å². The Hall–Kier alpha value is -3.13. The van der Waals surface area contributed by atoms with Gasteiger partial charge in [0.25, 0.3) is 5.69 Å². The lowest BCUT2D eigenvalue weighted by Gasteiger charge is -2.11. The van der Waals surface area contributed by atoms with Gasteiger partial charge in [0.2, 0.25) is 5.91 Å². The van der Waals surface area contributed by atoms with Gasteiger partial charge in [-0.2, -0.15) is 5.10 Å². The largest absolute Gasteiger partial charge is 0.486 e. The van der Waals surface area contributed by atoms with Gasteiger partial charge in [-0.05, 0) is 35.4 Å². The summed E-state index contributed by atoms with van der Waals surface area (Å²) in [6, 6.07) is 16.4. The van der Waals surface area contributed by atoms with E-state index in [2.05, 4.69) is 10.5 Å². The molecule has 0 aliphatic rings. The second kappa shape index (κ2) is 10.9. The predicted octanol–water partition coefficient (Wildman–Crippen LogP) is 5.83. The first-order valence-electron chi connectivity index (χ1n) is 9.24. The molecule has 0 aliphatic heterocycles. The molecule has 3 aromatic rings. The lowest BCUT2D eigenvalue weighted by Crippen LogP contribution is -2.20. The highest BCUT2D eigenvalue weighted by molar-refractivity contribution is 6.37. The van der Waals surface area contributed by atoms with E-state index in [1.807, 2.05) is 12.1 Å². The molecular formula is C22H16Cl3N3O4. The van der Waals surface area contributed by atoms with E-state index in [9.17, 15) is 14.9 Å². The van der Waals surface area contributed by atoms with Crippen LogP contribution in [0.3, 0.4) is 0 Å². The Bertz CT molecular complexity index is 1140. The van der Waals surface area contributed by atoms with Crippen molar-refractivity contribution in [1.29, 1.82) is 0 Å². The summed E-state index contributed by atoms with van der Waals surface area (Å²) in [7, 11) is 0. The second-order valence-electron chi connectivity index (χ2n) is 6.58. The number of nitrogens with one attached hydrogen (secondary N) is 1. The summed E-state index contributed by atoms with van der Waals surface area (Å²) in [6.45, 7) is 0.256. The molecule has 7 nitrogen and oxygen atoms in total. The van der Waals surface area contributed by atoms with Crippen molar-refractivity contribution < 1.29 is 14.5 Å². The monoisotopic (exact) mass is 491 g/mol. The van der Waals surface area contributed by atoms with Gasteiger partial charge in [0.15, 0.2) is 5.75 Å². The molecule has 0 fully saturated rings. The van der Waals surface area contributed by atoms with E-state index in [1.54, 1.807) is 30.3 Å². The molecule has 0 aliphatic carbocycles. The SMILES string of the molecule is O=C(Cc1ccccc1[N+](=O)[O-])NN=Cc1cc(Cl)c(OCc2ccc(Cl)cc2)c(Cl)c1. The number of hydrogen-bond donors (Lipinski definition) is 1. The van der Waals surface area contributed by atoms with Gasteiger partial charge in [-0.25, -0.2) is 5.43 Å². The average molecular weight is 493 g/mol. The van der Waals surface area contributed by atoms with E-state index in [4.69, 9.17) is 39.5 Å². The Kier molecular flexibility index (Phi) is 8.05. The van der Waals surface area contributed by atoms with Gasteiger partial charge in [0, 0.05) is 16.7 Å². The van der Waals surface area contributed by atoms with Crippen molar-refractivity contribution in [3.63, 3.8) is 0 Å². The lowest BCUT2D eigenvalue weighted by molar-refractivity contribution is -0.385. The average Bonchev–Trinajstić information content (AvgIpc) is 2.74. The zero-order valence-electron chi connectivity index (χ0n) is 16.4. The fourth-order valence-electron chi connectivity index (χ4n) is 2.76. The van der Waals surface area contributed by atoms with Crippen molar-refractivity contribution >= 4 is 52.6 Å². The first-order chi connectivity index (χ1) is 15.3. The zero-order valence-corrected chi connectivity index (χ0v) is 18.7. The third kappa shape index (κ3) is 6.43. The number of nitro benzene ring substituents is 1. The number of benzene rings is 3. The third-order valence-electron chi connectivity index (χ3n) is 4.26. The van der Waals surface area contributed by atoms with Gasteiger partial charge in [-0.3, -0.25) is 14.9 Å². The molecule has 0 bridgehead atoms. The van der Waals surface area contributed by atoms with Crippen LogP contribution < -0.4 is 10.2 Å². The molecule has 0 unspecified atom stereocenters. The van der Waals surface area contributed by atoms with Gasteiger partial charge in [0.05, 0.1) is 27.6 Å². The van der Waals surface area contributed by atoms with Crippen LogP contribution in [0.25, 0.3) is 0 Å². The quantitative estimate of drug-likeness (QED) is 0.243. The number of nitro groups is 1. The summed E-state index contributed by atoms with van der Waals surface area (Å²) in [4.78, 5) is 22.6. The highest BCUT2D eigenvalue weighted by Gasteiger charge is 2.15. The number of carbonyl (C=O) groups is 1. The smallest absolute Gasteiger partial charge is 0.273 e. The number of carbonyl (C=O) groups excluding carboxylic acids is 1. The summed E-state index contributed by atoms with van der Waals surface area (Å²) < 4.78 is 5.71. The molecule has 0 aromatic heterocycles. The van der Waals surface area contributed by atoms with Crippen molar-refractivity contribution in [3.8, 4) is 5.75 Å². The molecule has 0 heterocycles. The minimum atomic E-state index is -0.535. The summed E-state index contributed by atoms with van der Waals surface area (Å²) in [5.74, 6) is -0.184. The number of amides is 1. The van der Waals surface area contributed by atoms with Crippen LogP contribution >= 0.6 is 34.8 Å². The first kappa shape index (κ1) is 23.5.